The smallest absolute Gasteiger partial charge is 0.392 e. The van der Waals surface area contributed by atoms with Crippen molar-refractivity contribution in [3.05, 3.63) is 70.4 Å². The lowest BCUT2D eigenvalue weighted by atomic mass is 10.1. The number of aliphatic hydroxyl groups is 1. The van der Waals surface area contributed by atoms with Gasteiger partial charge in [-0.15, -0.1) is 0 Å². The zero-order chi connectivity index (χ0) is 25.5. The van der Waals surface area contributed by atoms with Gasteiger partial charge < -0.3 is 15.3 Å². The molecule has 0 saturated carbocycles. The molecule has 3 aromatic rings. The van der Waals surface area contributed by atoms with E-state index in [0.717, 1.165) is 17.1 Å². The van der Waals surface area contributed by atoms with Gasteiger partial charge in [0.25, 0.3) is 11.8 Å². The maximum Gasteiger partial charge on any atom is 0.419 e. The Labute approximate surface area is 198 Å². The second-order valence-electron chi connectivity index (χ2n) is 8.43. The average molecular weight is 488 g/mol. The molecule has 0 saturated heterocycles. The van der Waals surface area contributed by atoms with Crippen molar-refractivity contribution < 1.29 is 27.9 Å². The molecule has 0 fully saturated rings. The third-order valence-electron chi connectivity index (χ3n) is 5.80. The zero-order valence-electron chi connectivity index (χ0n) is 19.2. The molecular formula is C23H23F3N6O3. The summed E-state index contributed by atoms with van der Waals surface area (Å²) in [5.41, 5.74) is 1.35. The molecule has 0 aliphatic carbocycles. The fraction of sp³-hybridized carbons (Fsp3) is 0.348. The second-order valence-corrected chi connectivity index (χ2v) is 8.43. The van der Waals surface area contributed by atoms with E-state index in [9.17, 15) is 27.9 Å². The normalized spacial score (nSPS) is 15.2. The van der Waals surface area contributed by atoms with Gasteiger partial charge in [-0.05, 0) is 44.0 Å². The number of hydrogen-bond donors (Lipinski definition) is 2. The largest absolute Gasteiger partial charge is 0.419 e. The minimum absolute atomic E-state index is 0.0518. The maximum atomic E-state index is 13.1. The molecule has 0 bridgehead atoms. The SMILES string of the molecule is Cc1cc(C(C)N2Cc3c(ccnc3C(=O)NCC(C)O)C2=O)cnc1-n1cc(C(F)(F)F)cn1. The molecule has 0 radical (unpaired) electrons. The molecule has 2 N–H and O–H groups in total. The summed E-state index contributed by atoms with van der Waals surface area (Å²) in [6, 6.07) is 2.86. The van der Waals surface area contributed by atoms with Gasteiger partial charge in [0.15, 0.2) is 5.82 Å². The first-order valence-electron chi connectivity index (χ1n) is 10.8. The highest BCUT2D eigenvalue weighted by Crippen LogP contribution is 2.33. The summed E-state index contributed by atoms with van der Waals surface area (Å²) in [6.45, 7) is 5.24. The van der Waals surface area contributed by atoms with Crippen molar-refractivity contribution in [1.82, 2.24) is 30.0 Å². The number of carbonyl (C=O) groups is 2. The lowest BCUT2D eigenvalue weighted by Crippen LogP contribution is -2.32. The molecule has 1 aliphatic rings. The first-order valence-corrected chi connectivity index (χ1v) is 10.8. The number of alkyl halides is 3. The second kappa shape index (κ2) is 9.10. The lowest BCUT2D eigenvalue weighted by molar-refractivity contribution is -0.137. The molecule has 0 spiro atoms. The number of halogens is 3. The molecule has 1 aliphatic heterocycles. The minimum atomic E-state index is -4.51. The van der Waals surface area contributed by atoms with E-state index in [1.54, 1.807) is 37.8 Å². The van der Waals surface area contributed by atoms with Crippen LogP contribution < -0.4 is 5.32 Å². The van der Waals surface area contributed by atoms with E-state index in [1.165, 1.54) is 12.4 Å². The fourth-order valence-electron chi connectivity index (χ4n) is 3.90. The van der Waals surface area contributed by atoms with Crippen molar-refractivity contribution in [3.63, 3.8) is 0 Å². The summed E-state index contributed by atoms with van der Waals surface area (Å²) >= 11 is 0. The van der Waals surface area contributed by atoms with Gasteiger partial charge in [-0.1, -0.05) is 0 Å². The number of nitrogens with zero attached hydrogens (tertiary/aromatic N) is 5. The Hall–Kier alpha value is -3.80. The Morgan fingerprint density at radius 1 is 1.26 bits per heavy atom. The van der Waals surface area contributed by atoms with Crippen LogP contribution in [0.5, 0.6) is 0 Å². The highest BCUT2D eigenvalue weighted by molar-refractivity contribution is 6.03. The Morgan fingerprint density at radius 2 is 2.00 bits per heavy atom. The van der Waals surface area contributed by atoms with E-state index >= 15 is 0 Å². The van der Waals surface area contributed by atoms with Crippen molar-refractivity contribution in [1.29, 1.82) is 0 Å². The van der Waals surface area contributed by atoms with Crippen LogP contribution in [0.15, 0.2) is 36.9 Å². The van der Waals surface area contributed by atoms with Crippen molar-refractivity contribution >= 4 is 11.8 Å². The summed E-state index contributed by atoms with van der Waals surface area (Å²) < 4.78 is 39.8. The van der Waals surface area contributed by atoms with E-state index in [0.29, 0.717) is 22.3 Å². The summed E-state index contributed by atoms with van der Waals surface area (Å²) in [6.07, 6.45) is -0.743. The van der Waals surface area contributed by atoms with Crippen LogP contribution in [0.2, 0.25) is 0 Å². The average Bonchev–Trinajstić information content (AvgIpc) is 3.42. The number of nitrogens with one attached hydrogen (secondary N) is 1. The summed E-state index contributed by atoms with van der Waals surface area (Å²) in [4.78, 5) is 35.6. The lowest BCUT2D eigenvalue weighted by Gasteiger charge is -2.25. The number of carbonyl (C=O) groups excluding carboxylic acids is 2. The molecule has 2 amide bonds. The number of fused-ring (bicyclic) bond motifs is 1. The molecule has 2 unspecified atom stereocenters. The summed E-state index contributed by atoms with van der Waals surface area (Å²) in [5.74, 6) is -0.513. The first-order chi connectivity index (χ1) is 16.5. The predicted octanol–water partition coefficient (Wildman–Crippen LogP) is 2.82. The third-order valence-corrected chi connectivity index (χ3v) is 5.80. The maximum absolute atomic E-state index is 13.1. The Kier molecular flexibility index (Phi) is 6.32. The number of aliphatic hydroxyl groups excluding tert-OH is 1. The molecular weight excluding hydrogens is 465 g/mol. The van der Waals surface area contributed by atoms with E-state index in [-0.39, 0.29) is 30.5 Å². The van der Waals surface area contributed by atoms with Gasteiger partial charge >= 0.3 is 6.18 Å². The molecule has 4 rings (SSSR count). The van der Waals surface area contributed by atoms with Gasteiger partial charge in [0.05, 0.1) is 23.9 Å². The topological polar surface area (TPSA) is 113 Å². The molecule has 4 heterocycles. The van der Waals surface area contributed by atoms with E-state index in [2.05, 4.69) is 20.4 Å². The fourth-order valence-corrected chi connectivity index (χ4v) is 3.90. The zero-order valence-corrected chi connectivity index (χ0v) is 19.2. The van der Waals surface area contributed by atoms with Crippen molar-refractivity contribution in [2.45, 2.75) is 45.6 Å². The van der Waals surface area contributed by atoms with Crippen LogP contribution >= 0.6 is 0 Å². The highest BCUT2D eigenvalue weighted by atomic mass is 19.4. The highest BCUT2D eigenvalue weighted by Gasteiger charge is 2.35. The summed E-state index contributed by atoms with van der Waals surface area (Å²) in [5, 5.41) is 15.8. The van der Waals surface area contributed by atoms with Crippen LogP contribution in [0, 0.1) is 6.92 Å². The molecule has 9 nitrogen and oxygen atoms in total. The number of amides is 2. The Morgan fingerprint density at radius 3 is 2.63 bits per heavy atom. The molecule has 12 heteroatoms. The number of aromatic nitrogens is 4. The summed E-state index contributed by atoms with van der Waals surface area (Å²) in [7, 11) is 0. The van der Waals surface area contributed by atoms with Gasteiger partial charge in [0, 0.05) is 42.8 Å². The molecule has 3 aromatic heterocycles. The van der Waals surface area contributed by atoms with Crippen molar-refractivity contribution in [3.8, 4) is 5.82 Å². The van der Waals surface area contributed by atoms with E-state index in [1.807, 2.05) is 0 Å². The number of aryl methyl sites for hydroxylation is 1. The Bertz CT molecular complexity index is 1290. The molecule has 0 aromatic carbocycles. The van der Waals surface area contributed by atoms with Gasteiger partial charge in [-0.2, -0.15) is 18.3 Å². The third kappa shape index (κ3) is 4.74. The Balaban J connectivity index is 1.57. The van der Waals surface area contributed by atoms with Gasteiger partial charge in [0.2, 0.25) is 0 Å². The van der Waals surface area contributed by atoms with E-state index < -0.39 is 29.8 Å². The van der Waals surface area contributed by atoms with Crippen LogP contribution in [0.25, 0.3) is 5.82 Å². The van der Waals surface area contributed by atoms with Crippen molar-refractivity contribution in [2.24, 2.45) is 0 Å². The minimum Gasteiger partial charge on any atom is -0.392 e. The predicted molar refractivity (Wildman–Crippen MR) is 118 cm³/mol. The molecule has 184 valence electrons. The first kappa shape index (κ1) is 24.3. The monoisotopic (exact) mass is 488 g/mol. The van der Waals surface area contributed by atoms with Crippen molar-refractivity contribution in [2.75, 3.05) is 6.54 Å². The van der Waals surface area contributed by atoms with Gasteiger partial charge in [-0.25, -0.2) is 9.67 Å². The van der Waals surface area contributed by atoms with Crippen LogP contribution in [0.4, 0.5) is 13.2 Å². The van der Waals surface area contributed by atoms with Crippen LogP contribution in [0.3, 0.4) is 0 Å². The number of hydrogen-bond acceptors (Lipinski definition) is 6. The molecule has 35 heavy (non-hydrogen) atoms. The van der Waals surface area contributed by atoms with Crippen LogP contribution in [-0.4, -0.2) is 54.2 Å². The standard InChI is InChI=1S/C23H23F3N6O3/c1-12-6-15(8-28-20(12)32-10-16(9-30-32)23(24,25)26)14(3)31-11-18-17(22(31)35)4-5-27-19(18)21(34)29-7-13(2)33/h4-6,8-10,13-14,33H,7,11H2,1-3H3,(H,29,34). The van der Waals surface area contributed by atoms with Crippen LogP contribution in [-0.2, 0) is 12.7 Å². The molecule has 2 atom stereocenters. The van der Waals surface area contributed by atoms with Crippen LogP contribution in [0.1, 0.15) is 63.0 Å². The number of rotatable bonds is 6. The number of pyridine rings is 2. The van der Waals surface area contributed by atoms with Gasteiger partial charge in [-0.3, -0.25) is 14.6 Å². The van der Waals surface area contributed by atoms with E-state index in [4.69, 9.17) is 0 Å². The van der Waals surface area contributed by atoms with Gasteiger partial charge in [0.1, 0.15) is 5.69 Å². The quantitative estimate of drug-likeness (QED) is 0.552.